The van der Waals surface area contributed by atoms with E-state index in [0.717, 1.165) is 9.86 Å². The van der Waals surface area contributed by atoms with Crippen LogP contribution in [0.15, 0.2) is 35.1 Å². The van der Waals surface area contributed by atoms with Gasteiger partial charge >= 0.3 is 5.51 Å². The third kappa shape index (κ3) is 4.84. The Morgan fingerprint density at radius 2 is 1.74 bits per heavy atom. The number of benzene rings is 1. The second-order valence-electron chi connectivity index (χ2n) is 4.16. The molecule has 0 amide bonds. The minimum atomic E-state index is -6.09. The average Bonchev–Trinajstić information content (AvgIpc) is 2.36. The highest BCUT2D eigenvalue weighted by Gasteiger charge is 2.36. The van der Waals surface area contributed by atoms with E-state index >= 15 is 0 Å². The van der Waals surface area contributed by atoms with Crippen molar-refractivity contribution in [3.8, 4) is 0 Å². The topological polar surface area (TPSA) is 104 Å². The van der Waals surface area contributed by atoms with Crippen molar-refractivity contribution in [2.24, 2.45) is 7.05 Å². The summed E-state index contributed by atoms with van der Waals surface area (Å²) >= 11 is 3.37. The van der Waals surface area contributed by atoms with E-state index in [1.54, 1.807) is 16.8 Å². The molecule has 0 spiro atoms. The zero-order chi connectivity index (χ0) is 18.0. The van der Waals surface area contributed by atoms with Crippen molar-refractivity contribution in [3.63, 3.8) is 0 Å². The maximum atomic E-state index is 10.8. The van der Waals surface area contributed by atoms with Gasteiger partial charge in [0.2, 0.25) is 0 Å². The van der Waals surface area contributed by atoms with E-state index < -0.39 is 15.6 Å². The predicted molar refractivity (Wildman–Crippen MR) is 75.2 cm³/mol. The van der Waals surface area contributed by atoms with E-state index in [0.29, 0.717) is 5.39 Å². The molecule has 0 unspecified atom stereocenters. The van der Waals surface area contributed by atoms with Crippen LogP contribution in [0.4, 0.5) is 18.9 Å². The van der Waals surface area contributed by atoms with Gasteiger partial charge in [-0.1, -0.05) is 15.9 Å². The lowest BCUT2D eigenvalue weighted by Gasteiger charge is -2.08. The molecule has 0 bridgehead atoms. The van der Waals surface area contributed by atoms with Crippen LogP contribution in [-0.4, -0.2) is 23.4 Å². The molecule has 0 saturated carbocycles. The van der Waals surface area contributed by atoms with Crippen LogP contribution < -0.4 is 4.57 Å². The number of aryl methyl sites for hydroxylation is 1. The van der Waals surface area contributed by atoms with Gasteiger partial charge in [0.05, 0.1) is 4.92 Å². The second-order valence-corrected chi connectivity index (χ2v) is 6.39. The number of nitrogens with zero attached hydrogens (tertiary/aromatic N) is 2. The monoisotopic (exact) mass is 416 g/mol. The summed E-state index contributed by atoms with van der Waals surface area (Å²) in [7, 11) is -4.25. The van der Waals surface area contributed by atoms with Crippen LogP contribution in [0.5, 0.6) is 0 Å². The van der Waals surface area contributed by atoms with Gasteiger partial charge in [-0.15, -0.1) is 0 Å². The van der Waals surface area contributed by atoms with Gasteiger partial charge in [-0.05, 0) is 6.07 Å². The number of non-ortho nitro benzene ring substituents is 1. The quantitative estimate of drug-likeness (QED) is 0.233. The van der Waals surface area contributed by atoms with Gasteiger partial charge in [0.25, 0.3) is 5.69 Å². The van der Waals surface area contributed by atoms with Crippen LogP contribution in [0, 0.1) is 10.1 Å². The van der Waals surface area contributed by atoms with Gasteiger partial charge in [-0.3, -0.25) is 10.1 Å². The van der Waals surface area contributed by atoms with E-state index in [9.17, 15) is 23.3 Å². The number of pyridine rings is 1. The molecule has 2 aromatic rings. The molecule has 2 rings (SSSR count). The fourth-order valence-electron chi connectivity index (χ4n) is 1.50. The molecule has 1 aromatic carbocycles. The van der Waals surface area contributed by atoms with E-state index in [-0.39, 0.29) is 10.6 Å². The Morgan fingerprint density at radius 1 is 1.22 bits per heavy atom. The van der Waals surface area contributed by atoms with Gasteiger partial charge in [-0.25, -0.2) is 13.0 Å². The van der Waals surface area contributed by atoms with Crippen molar-refractivity contribution in [1.29, 1.82) is 0 Å². The number of alkyl halides is 3. The SMILES string of the molecule is C[n+]1ccc2c(Br)ccc([N+](=O)[O-])c2c1.O=S(=O)([O-])C(F)(F)F. The molecule has 126 valence electrons. The largest absolute Gasteiger partial charge is 0.741 e. The van der Waals surface area contributed by atoms with Crippen LogP contribution >= 0.6 is 15.9 Å². The molecular weight excluding hydrogens is 409 g/mol. The Labute approximate surface area is 136 Å². The zero-order valence-corrected chi connectivity index (χ0v) is 13.6. The molecular formula is C11H8BrF3N2O5S. The number of aromatic nitrogens is 1. The zero-order valence-electron chi connectivity index (χ0n) is 11.2. The summed E-state index contributed by atoms with van der Waals surface area (Å²) in [6, 6.07) is 5.05. The molecule has 1 heterocycles. The summed E-state index contributed by atoms with van der Waals surface area (Å²) in [6.45, 7) is 0. The van der Waals surface area contributed by atoms with Gasteiger partial charge in [0, 0.05) is 22.0 Å². The first-order valence-electron chi connectivity index (χ1n) is 5.58. The lowest BCUT2D eigenvalue weighted by molar-refractivity contribution is -0.670. The van der Waals surface area contributed by atoms with Gasteiger partial charge < -0.3 is 4.55 Å². The lowest BCUT2D eigenvalue weighted by Crippen LogP contribution is -2.26. The lowest BCUT2D eigenvalue weighted by atomic mass is 10.1. The highest BCUT2D eigenvalue weighted by atomic mass is 79.9. The number of nitro benzene ring substituents is 1. The first-order valence-corrected chi connectivity index (χ1v) is 7.79. The predicted octanol–water partition coefficient (Wildman–Crippen LogP) is 2.39. The van der Waals surface area contributed by atoms with Crippen molar-refractivity contribution in [1.82, 2.24) is 0 Å². The first kappa shape index (κ1) is 19.3. The highest BCUT2D eigenvalue weighted by Crippen LogP contribution is 2.30. The second kappa shape index (κ2) is 6.76. The summed E-state index contributed by atoms with van der Waals surface area (Å²) in [4.78, 5) is 10.5. The molecule has 0 atom stereocenters. The number of halogens is 4. The number of fused-ring (bicyclic) bond motifs is 1. The van der Waals surface area contributed by atoms with Crippen LogP contribution in [0.2, 0.25) is 0 Å². The van der Waals surface area contributed by atoms with Crippen LogP contribution in [0.1, 0.15) is 0 Å². The molecule has 1 aromatic heterocycles. The van der Waals surface area contributed by atoms with Gasteiger partial charge in [-0.2, -0.15) is 13.2 Å². The maximum absolute atomic E-state index is 10.8. The molecule has 0 saturated heterocycles. The average molecular weight is 417 g/mol. The summed E-state index contributed by atoms with van der Waals surface area (Å²) in [5.74, 6) is 0. The van der Waals surface area contributed by atoms with Gasteiger partial charge in [0.15, 0.2) is 22.5 Å². The Balaban J connectivity index is 0.000000284. The molecule has 0 aliphatic heterocycles. The van der Waals surface area contributed by atoms with Crippen LogP contribution in [0.25, 0.3) is 10.8 Å². The number of rotatable bonds is 1. The van der Waals surface area contributed by atoms with E-state index in [1.165, 1.54) is 6.07 Å². The Bertz CT molecular complexity index is 855. The Morgan fingerprint density at radius 3 is 2.17 bits per heavy atom. The summed E-state index contributed by atoms with van der Waals surface area (Å²) in [5.41, 5.74) is -5.52. The van der Waals surface area contributed by atoms with Crippen LogP contribution in [-0.2, 0) is 17.2 Å². The van der Waals surface area contributed by atoms with E-state index in [2.05, 4.69) is 15.9 Å². The standard InChI is InChI=1S/C10H8BrN2O2.CHF3O3S/c1-12-5-4-7-8(6-12)10(13(14)15)3-2-9(7)11;2-1(3,4)8(5,6)7/h2-6H,1H3;(H,5,6,7)/q+1;/p-1. The minimum Gasteiger partial charge on any atom is -0.741 e. The molecule has 0 fully saturated rings. The highest BCUT2D eigenvalue weighted by molar-refractivity contribution is 9.10. The Hall–Kier alpha value is -1.79. The summed E-state index contributed by atoms with van der Waals surface area (Å²) in [6.07, 6.45) is 3.61. The summed E-state index contributed by atoms with van der Waals surface area (Å²) in [5, 5.41) is 12.3. The normalized spacial score (nSPS) is 11.7. The van der Waals surface area contributed by atoms with Crippen molar-refractivity contribution >= 4 is 42.5 Å². The maximum Gasteiger partial charge on any atom is 0.485 e. The third-order valence-electron chi connectivity index (χ3n) is 2.50. The van der Waals surface area contributed by atoms with Crippen molar-refractivity contribution in [2.45, 2.75) is 5.51 Å². The van der Waals surface area contributed by atoms with Gasteiger partial charge in [0.1, 0.15) is 12.4 Å². The Kier molecular flexibility index (Phi) is 5.66. The smallest absolute Gasteiger partial charge is 0.485 e. The molecule has 0 N–H and O–H groups in total. The fourth-order valence-corrected chi connectivity index (χ4v) is 1.98. The molecule has 12 heteroatoms. The van der Waals surface area contributed by atoms with Crippen molar-refractivity contribution in [3.05, 3.63) is 45.2 Å². The third-order valence-corrected chi connectivity index (χ3v) is 3.76. The fraction of sp³-hybridized carbons (Fsp3) is 0.182. The minimum absolute atomic E-state index is 0.129. The van der Waals surface area contributed by atoms with Crippen molar-refractivity contribution < 1.29 is 35.6 Å². The van der Waals surface area contributed by atoms with E-state index in [1.807, 2.05) is 19.3 Å². The molecule has 23 heavy (non-hydrogen) atoms. The van der Waals surface area contributed by atoms with E-state index in [4.69, 9.17) is 13.0 Å². The molecule has 0 radical (unpaired) electrons. The number of nitro groups is 1. The molecule has 0 aliphatic carbocycles. The molecule has 7 nitrogen and oxygen atoms in total. The van der Waals surface area contributed by atoms with Crippen molar-refractivity contribution in [2.75, 3.05) is 0 Å². The number of hydrogen-bond acceptors (Lipinski definition) is 5. The number of hydrogen-bond donors (Lipinski definition) is 0. The summed E-state index contributed by atoms with van der Waals surface area (Å²) < 4.78 is 61.6. The molecule has 0 aliphatic rings. The first-order chi connectivity index (χ1) is 10.3. The van der Waals surface area contributed by atoms with Crippen LogP contribution in [0.3, 0.4) is 0 Å².